The maximum atomic E-state index is 14.1. The van der Waals surface area contributed by atoms with E-state index in [-0.39, 0.29) is 11.9 Å². The minimum absolute atomic E-state index is 0.243. The molecule has 4 nitrogen and oxygen atoms in total. The number of rotatable bonds is 2. The highest BCUT2D eigenvalue weighted by atomic mass is 32.2. The van der Waals surface area contributed by atoms with Crippen molar-refractivity contribution >= 4 is 28.5 Å². The van der Waals surface area contributed by atoms with E-state index in [2.05, 4.69) is 16.5 Å². The Morgan fingerprint density at radius 3 is 3.11 bits per heavy atom. The molecule has 3 rings (SSSR count). The lowest BCUT2D eigenvalue weighted by atomic mass is 10.1. The number of aromatic nitrogens is 1. The van der Waals surface area contributed by atoms with E-state index in [0.29, 0.717) is 16.8 Å². The van der Waals surface area contributed by atoms with Crippen molar-refractivity contribution in [3.05, 3.63) is 40.0 Å². The smallest absolute Gasteiger partial charge is 0.408 e. The zero-order valence-electron chi connectivity index (χ0n) is 10.4. The molecule has 1 atom stereocenters. The van der Waals surface area contributed by atoms with E-state index in [1.165, 1.54) is 6.07 Å². The summed E-state index contributed by atoms with van der Waals surface area (Å²) in [6, 6.07) is 3.12. The largest absolute Gasteiger partial charge is 0.417 e. The first-order chi connectivity index (χ1) is 9.15. The Morgan fingerprint density at radius 2 is 2.37 bits per heavy atom. The zero-order chi connectivity index (χ0) is 13.4. The fourth-order valence-electron chi connectivity index (χ4n) is 2.21. The van der Waals surface area contributed by atoms with E-state index >= 15 is 0 Å². The van der Waals surface area contributed by atoms with Gasteiger partial charge in [-0.25, -0.2) is 9.18 Å². The summed E-state index contributed by atoms with van der Waals surface area (Å²) in [4.78, 5) is 15.5. The first kappa shape index (κ1) is 12.3. The van der Waals surface area contributed by atoms with Gasteiger partial charge >= 0.3 is 5.76 Å². The maximum absolute atomic E-state index is 14.1. The average molecular weight is 280 g/mol. The third-order valence-electron chi connectivity index (χ3n) is 3.31. The molecule has 1 aliphatic rings. The zero-order valence-corrected chi connectivity index (χ0v) is 11.2. The van der Waals surface area contributed by atoms with E-state index in [4.69, 9.17) is 4.42 Å². The van der Waals surface area contributed by atoms with Crippen LogP contribution in [-0.2, 0) is 0 Å². The summed E-state index contributed by atoms with van der Waals surface area (Å²) in [5, 5.41) is 2.06. The molecule has 1 aromatic heterocycles. The topological polar surface area (TPSA) is 49.2 Å². The monoisotopic (exact) mass is 280 g/mol. The minimum Gasteiger partial charge on any atom is -0.408 e. The summed E-state index contributed by atoms with van der Waals surface area (Å²) in [5.41, 5.74) is 1.22. The number of halogens is 1. The summed E-state index contributed by atoms with van der Waals surface area (Å²) in [6.45, 7) is 0. The van der Waals surface area contributed by atoms with E-state index < -0.39 is 5.76 Å². The Balaban J connectivity index is 2.00. The summed E-state index contributed by atoms with van der Waals surface area (Å²) in [5.74, 6) is -0.00126. The van der Waals surface area contributed by atoms with Crippen molar-refractivity contribution in [2.45, 2.75) is 12.5 Å². The van der Waals surface area contributed by atoms with Gasteiger partial charge in [-0.05, 0) is 11.8 Å². The SMILES string of the molecule is CN(c1cc2oc(=O)[nH]c2cc1F)C1CC=CSC1. The van der Waals surface area contributed by atoms with Crippen molar-refractivity contribution in [1.82, 2.24) is 4.98 Å². The number of H-pyrrole nitrogens is 1. The molecule has 0 saturated heterocycles. The fraction of sp³-hybridized carbons (Fsp3) is 0.308. The Kier molecular flexibility index (Phi) is 3.10. The molecule has 1 unspecified atom stereocenters. The first-order valence-corrected chi connectivity index (χ1v) is 7.02. The molecular formula is C13H13FN2O2S. The van der Waals surface area contributed by atoms with Gasteiger partial charge < -0.3 is 9.32 Å². The summed E-state index contributed by atoms with van der Waals surface area (Å²) in [6.07, 6.45) is 2.97. The van der Waals surface area contributed by atoms with Crippen LogP contribution in [0.4, 0.5) is 10.1 Å². The third-order valence-corrected chi connectivity index (χ3v) is 4.27. The number of oxazole rings is 1. The van der Waals surface area contributed by atoms with Gasteiger partial charge in [0.25, 0.3) is 0 Å². The van der Waals surface area contributed by atoms with Gasteiger partial charge in [-0.1, -0.05) is 6.08 Å². The predicted octanol–water partition coefficient (Wildman–Crippen LogP) is 2.72. The number of anilines is 1. The van der Waals surface area contributed by atoms with Gasteiger partial charge in [0.05, 0.1) is 11.2 Å². The van der Waals surface area contributed by atoms with E-state index in [1.54, 1.807) is 17.8 Å². The standard InChI is InChI=1S/C13H13FN2O2S/c1-16(8-3-2-4-19-7-8)11-6-12-10(5-9(11)14)15-13(17)18-12/h2,4-6,8H,3,7H2,1H3,(H,15,17). The minimum atomic E-state index is -0.564. The van der Waals surface area contributed by atoms with Crippen LogP contribution in [0.15, 0.2) is 32.8 Å². The number of nitrogens with one attached hydrogen (secondary N) is 1. The molecule has 0 amide bonds. The van der Waals surface area contributed by atoms with Crippen molar-refractivity contribution in [2.24, 2.45) is 0 Å². The molecule has 1 N–H and O–H groups in total. The van der Waals surface area contributed by atoms with Crippen molar-refractivity contribution in [1.29, 1.82) is 0 Å². The van der Waals surface area contributed by atoms with Gasteiger partial charge in [0, 0.05) is 31.0 Å². The van der Waals surface area contributed by atoms with Crippen LogP contribution in [0.5, 0.6) is 0 Å². The number of thioether (sulfide) groups is 1. The number of fused-ring (bicyclic) bond motifs is 1. The van der Waals surface area contributed by atoms with Crippen LogP contribution >= 0.6 is 11.8 Å². The van der Waals surface area contributed by atoms with Gasteiger partial charge in [0.15, 0.2) is 5.58 Å². The van der Waals surface area contributed by atoms with E-state index in [1.807, 2.05) is 11.9 Å². The molecule has 19 heavy (non-hydrogen) atoms. The molecule has 6 heteroatoms. The molecule has 0 fully saturated rings. The van der Waals surface area contributed by atoms with Gasteiger partial charge in [0.1, 0.15) is 5.82 Å². The second kappa shape index (κ2) is 4.77. The summed E-state index contributed by atoms with van der Waals surface area (Å²) < 4.78 is 19.1. The van der Waals surface area contributed by atoms with Crippen LogP contribution in [-0.4, -0.2) is 23.8 Å². The van der Waals surface area contributed by atoms with Gasteiger partial charge in [-0.15, -0.1) is 11.8 Å². The van der Waals surface area contributed by atoms with Crippen LogP contribution in [0, 0.1) is 5.82 Å². The Morgan fingerprint density at radius 1 is 1.53 bits per heavy atom. The number of hydrogen-bond donors (Lipinski definition) is 1. The predicted molar refractivity (Wildman–Crippen MR) is 75.2 cm³/mol. The number of benzene rings is 1. The second-order valence-electron chi connectivity index (χ2n) is 4.52. The highest BCUT2D eigenvalue weighted by Gasteiger charge is 2.20. The van der Waals surface area contributed by atoms with Crippen LogP contribution in [0.3, 0.4) is 0 Å². The van der Waals surface area contributed by atoms with Crippen molar-refractivity contribution in [3.63, 3.8) is 0 Å². The Labute approximate surface area is 113 Å². The highest BCUT2D eigenvalue weighted by molar-refractivity contribution is 8.02. The Bertz CT molecular complexity index is 691. The molecule has 2 heterocycles. The molecule has 2 aromatic rings. The molecular weight excluding hydrogens is 267 g/mol. The Hall–Kier alpha value is -1.69. The highest BCUT2D eigenvalue weighted by Crippen LogP contribution is 2.28. The quantitative estimate of drug-likeness (QED) is 0.919. The lowest BCUT2D eigenvalue weighted by Gasteiger charge is -2.30. The normalized spacial score (nSPS) is 18.9. The number of nitrogens with zero attached hydrogens (tertiary/aromatic N) is 1. The van der Waals surface area contributed by atoms with E-state index in [9.17, 15) is 9.18 Å². The molecule has 1 aliphatic heterocycles. The lowest BCUT2D eigenvalue weighted by Crippen LogP contribution is -2.34. The molecule has 0 aliphatic carbocycles. The summed E-state index contributed by atoms with van der Waals surface area (Å²) >= 11 is 1.72. The van der Waals surface area contributed by atoms with Crippen LogP contribution in [0.2, 0.25) is 0 Å². The molecule has 0 bridgehead atoms. The van der Waals surface area contributed by atoms with Gasteiger partial charge in [-0.3, -0.25) is 4.98 Å². The molecule has 100 valence electrons. The average Bonchev–Trinajstić information content (AvgIpc) is 2.77. The van der Waals surface area contributed by atoms with Gasteiger partial charge in [0.2, 0.25) is 0 Å². The molecule has 1 aromatic carbocycles. The third kappa shape index (κ3) is 2.28. The fourth-order valence-corrected chi connectivity index (χ4v) is 3.15. The first-order valence-electron chi connectivity index (χ1n) is 5.97. The molecule has 0 spiro atoms. The maximum Gasteiger partial charge on any atom is 0.417 e. The van der Waals surface area contributed by atoms with Crippen LogP contribution in [0.1, 0.15) is 6.42 Å². The van der Waals surface area contributed by atoms with Gasteiger partial charge in [-0.2, -0.15) is 0 Å². The van der Waals surface area contributed by atoms with Crippen molar-refractivity contribution in [2.75, 3.05) is 17.7 Å². The summed E-state index contributed by atoms with van der Waals surface area (Å²) in [7, 11) is 1.86. The number of hydrogen-bond acceptors (Lipinski definition) is 4. The lowest BCUT2D eigenvalue weighted by molar-refractivity contribution is 0.554. The molecule has 0 saturated carbocycles. The second-order valence-corrected chi connectivity index (χ2v) is 5.46. The number of aromatic amines is 1. The molecule has 0 radical (unpaired) electrons. The van der Waals surface area contributed by atoms with Crippen molar-refractivity contribution in [3.8, 4) is 0 Å². The van der Waals surface area contributed by atoms with Crippen LogP contribution in [0.25, 0.3) is 11.1 Å². The van der Waals surface area contributed by atoms with Crippen molar-refractivity contribution < 1.29 is 8.81 Å². The van der Waals surface area contributed by atoms with Crippen LogP contribution < -0.4 is 10.7 Å². The van der Waals surface area contributed by atoms with E-state index in [0.717, 1.165) is 12.2 Å².